The van der Waals surface area contributed by atoms with Crippen molar-refractivity contribution in [2.24, 2.45) is 0 Å². The number of halogens is 1. The van der Waals surface area contributed by atoms with E-state index in [4.69, 9.17) is 5.10 Å². The molecule has 0 unspecified atom stereocenters. The number of fused-ring (bicyclic) bond motifs is 4. The van der Waals surface area contributed by atoms with E-state index in [1.807, 2.05) is 25.1 Å². The summed E-state index contributed by atoms with van der Waals surface area (Å²) >= 11 is 0. The van der Waals surface area contributed by atoms with E-state index in [0.717, 1.165) is 22.5 Å². The summed E-state index contributed by atoms with van der Waals surface area (Å²) in [6.07, 6.45) is 2.29. The Labute approximate surface area is 201 Å². The van der Waals surface area contributed by atoms with Crippen LogP contribution in [-0.4, -0.2) is 53.9 Å². The molecule has 2 amide bonds. The van der Waals surface area contributed by atoms with E-state index >= 15 is 0 Å². The number of carbonyl (C=O) groups is 2. The Bertz CT molecular complexity index is 1470. The number of hydrogen-bond acceptors (Lipinski definition) is 4. The van der Waals surface area contributed by atoms with Crippen LogP contribution < -0.4 is 0 Å². The van der Waals surface area contributed by atoms with Gasteiger partial charge < -0.3 is 14.8 Å². The summed E-state index contributed by atoms with van der Waals surface area (Å²) in [5.41, 5.74) is 4.72. The smallest absolute Gasteiger partial charge is 0.272 e. The van der Waals surface area contributed by atoms with Gasteiger partial charge in [0.25, 0.3) is 11.8 Å². The van der Waals surface area contributed by atoms with Gasteiger partial charge in [0.1, 0.15) is 17.2 Å². The first-order chi connectivity index (χ1) is 16.9. The lowest BCUT2D eigenvalue weighted by Gasteiger charge is -2.33. The fraction of sp³-hybridized carbons (Fsp3) is 0.308. The quantitative estimate of drug-likeness (QED) is 0.495. The number of H-pyrrole nitrogens is 1. The molecular formula is C26H25FN6O2. The van der Waals surface area contributed by atoms with Crippen LogP contribution in [0.15, 0.2) is 42.6 Å². The standard InChI is InChI=1S/C26H25FN6O2/c1-15-11-22-19(14-32(15)25(34)23-12-18-16(2)20(27)6-7-21(18)29-23)24-26(35)31(9-10-33(24)30-22)13-17-5-3-4-8-28-17/h3-8,12,15,29H,9-11,13-14H2,1-2H3/t15-/m1/s1. The number of benzene rings is 1. The molecule has 2 aliphatic heterocycles. The number of pyridine rings is 1. The van der Waals surface area contributed by atoms with E-state index in [9.17, 15) is 14.0 Å². The summed E-state index contributed by atoms with van der Waals surface area (Å²) in [6.45, 7) is 5.60. The van der Waals surface area contributed by atoms with E-state index in [2.05, 4.69) is 9.97 Å². The van der Waals surface area contributed by atoms with Crippen LogP contribution >= 0.6 is 0 Å². The Balaban J connectivity index is 1.30. The minimum atomic E-state index is -0.299. The molecule has 1 atom stereocenters. The zero-order valence-electron chi connectivity index (χ0n) is 19.6. The molecule has 3 aromatic heterocycles. The molecule has 8 nitrogen and oxygen atoms in total. The van der Waals surface area contributed by atoms with Gasteiger partial charge in [-0.2, -0.15) is 5.10 Å². The molecular weight excluding hydrogens is 447 g/mol. The normalized spacial score (nSPS) is 17.6. The second kappa shape index (κ2) is 8.04. The molecule has 35 heavy (non-hydrogen) atoms. The van der Waals surface area contributed by atoms with Crippen LogP contribution in [0.1, 0.15) is 50.4 Å². The third-order valence-electron chi connectivity index (χ3n) is 7.13. The Kier molecular flexibility index (Phi) is 4.94. The van der Waals surface area contributed by atoms with Gasteiger partial charge in [0.2, 0.25) is 0 Å². The zero-order chi connectivity index (χ0) is 24.3. The number of aromatic amines is 1. The number of aryl methyl sites for hydroxylation is 1. The first-order valence-corrected chi connectivity index (χ1v) is 11.8. The molecule has 1 N–H and O–H groups in total. The highest BCUT2D eigenvalue weighted by molar-refractivity contribution is 5.99. The molecule has 2 aliphatic rings. The van der Waals surface area contributed by atoms with Gasteiger partial charge in [0.15, 0.2) is 0 Å². The molecule has 0 spiro atoms. The number of nitrogens with one attached hydrogen (secondary N) is 1. The van der Waals surface area contributed by atoms with Crippen LogP contribution in [0.25, 0.3) is 10.9 Å². The largest absolute Gasteiger partial charge is 0.351 e. The summed E-state index contributed by atoms with van der Waals surface area (Å²) < 4.78 is 15.8. The molecule has 0 saturated heterocycles. The predicted molar refractivity (Wildman–Crippen MR) is 127 cm³/mol. The van der Waals surface area contributed by atoms with Gasteiger partial charge in [-0.3, -0.25) is 19.3 Å². The van der Waals surface area contributed by atoms with Gasteiger partial charge >= 0.3 is 0 Å². The van der Waals surface area contributed by atoms with Gasteiger partial charge in [-0.05, 0) is 49.7 Å². The van der Waals surface area contributed by atoms with Crippen LogP contribution in [0.2, 0.25) is 0 Å². The van der Waals surface area contributed by atoms with Gasteiger partial charge in [-0.1, -0.05) is 6.07 Å². The van der Waals surface area contributed by atoms with Gasteiger partial charge in [0, 0.05) is 41.7 Å². The van der Waals surface area contributed by atoms with Crippen molar-refractivity contribution in [2.45, 2.75) is 45.9 Å². The van der Waals surface area contributed by atoms with Crippen molar-refractivity contribution in [3.05, 3.63) is 82.3 Å². The topological polar surface area (TPSA) is 87.1 Å². The second-order valence-corrected chi connectivity index (χ2v) is 9.35. The van der Waals surface area contributed by atoms with E-state index in [0.29, 0.717) is 54.9 Å². The Morgan fingerprint density at radius 2 is 2.09 bits per heavy atom. The first-order valence-electron chi connectivity index (χ1n) is 11.8. The minimum Gasteiger partial charge on any atom is -0.351 e. The Morgan fingerprint density at radius 3 is 2.89 bits per heavy atom. The van der Waals surface area contributed by atoms with Gasteiger partial charge in [-0.15, -0.1) is 0 Å². The zero-order valence-corrected chi connectivity index (χ0v) is 19.6. The second-order valence-electron chi connectivity index (χ2n) is 9.35. The third kappa shape index (κ3) is 3.50. The molecule has 5 heterocycles. The minimum absolute atomic E-state index is 0.0871. The van der Waals surface area contributed by atoms with Crippen LogP contribution in [-0.2, 0) is 26.1 Å². The average Bonchev–Trinajstić information content (AvgIpc) is 3.45. The fourth-order valence-corrected chi connectivity index (χ4v) is 5.17. The molecule has 0 saturated carbocycles. The number of aromatic nitrogens is 4. The molecule has 0 fully saturated rings. The van der Waals surface area contributed by atoms with Crippen molar-refractivity contribution in [1.82, 2.24) is 29.5 Å². The highest BCUT2D eigenvalue weighted by Gasteiger charge is 2.37. The summed E-state index contributed by atoms with van der Waals surface area (Å²) in [5.74, 6) is -0.561. The van der Waals surface area contributed by atoms with Crippen molar-refractivity contribution in [2.75, 3.05) is 6.54 Å². The molecule has 0 radical (unpaired) electrons. The van der Waals surface area contributed by atoms with Crippen LogP contribution in [0.5, 0.6) is 0 Å². The lowest BCUT2D eigenvalue weighted by molar-refractivity contribution is 0.0633. The molecule has 0 bridgehead atoms. The van der Waals surface area contributed by atoms with E-state index in [1.165, 1.54) is 6.07 Å². The summed E-state index contributed by atoms with van der Waals surface area (Å²) in [6, 6.07) is 10.3. The molecule has 9 heteroatoms. The number of rotatable bonds is 3. The monoisotopic (exact) mass is 472 g/mol. The van der Waals surface area contributed by atoms with Crippen molar-refractivity contribution in [1.29, 1.82) is 0 Å². The van der Waals surface area contributed by atoms with Gasteiger partial charge in [-0.25, -0.2) is 4.39 Å². The highest BCUT2D eigenvalue weighted by atomic mass is 19.1. The number of amides is 2. The number of carbonyl (C=O) groups excluding carboxylic acids is 2. The SMILES string of the molecule is Cc1c(F)ccc2[nH]c(C(=O)N3Cc4c(nn5c4C(=O)N(Cc4ccccn4)CC5)C[C@H]3C)cc12. The molecule has 1 aromatic carbocycles. The maximum atomic E-state index is 14.0. The molecule has 6 rings (SSSR count). The van der Waals surface area contributed by atoms with Crippen LogP contribution in [0, 0.1) is 12.7 Å². The van der Waals surface area contributed by atoms with Crippen molar-refractivity contribution < 1.29 is 14.0 Å². The summed E-state index contributed by atoms with van der Waals surface area (Å²) in [4.78, 5) is 38.0. The van der Waals surface area contributed by atoms with Crippen LogP contribution in [0.3, 0.4) is 0 Å². The third-order valence-corrected chi connectivity index (χ3v) is 7.13. The van der Waals surface area contributed by atoms with E-state index < -0.39 is 0 Å². The summed E-state index contributed by atoms with van der Waals surface area (Å²) in [7, 11) is 0. The average molecular weight is 473 g/mol. The van der Waals surface area contributed by atoms with Crippen LogP contribution in [0.4, 0.5) is 4.39 Å². The lowest BCUT2D eigenvalue weighted by Crippen LogP contribution is -2.44. The number of nitrogens with zero attached hydrogens (tertiary/aromatic N) is 5. The Morgan fingerprint density at radius 1 is 1.23 bits per heavy atom. The van der Waals surface area contributed by atoms with Gasteiger partial charge in [0.05, 0.1) is 31.0 Å². The Hall–Kier alpha value is -4.01. The van der Waals surface area contributed by atoms with E-state index in [-0.39, 0.29) is 23.7 Å². The molecule has 0 aliphatic carbocycles. The number of hydrogen-bond donors (Lipinski definition) is 1. The fourth-order valence-electron chi connectivity index (χ4n) is 5.17. The van der Waals surface area contributed by atoms with Crippen molar-refractivity contribution in [3.63, 3.8) is 0 Å². The highest BCUT2D eigenvalue weighted by Crippen LogP contribution is 2.31. The maximum absolute atomic E-state index is 14.0. The summed E-state index contributed by atoms with van der Waals surface area (Å²) in [5, 5.41) is 5.42. The molecule has 178 valence electrons. The molecule has 4 aromatic rings. The predicted octanol–water partition coefficient (Wildman–Crippen LogP) is 3.45. The first kappa shape index (κ1) is 21.5. The lowest BCUT2D eigenvalue weighted by atomic mass is 9.98. The van der Waals surface area contributed by atoms with Crippen molar-refractivity contribution in [3.8, 4) is 0 Å². The van der Waals surface area contributed by atoms with E-state index in [1.54, 1.807) is 39.7 Å². The maximum Gasteiger partial charge on any atom is 0.272 e. The van der Waals surface area contributed by atoms with Crippen molar-refractivity contribution >= 4 is 22.7 Å².